The fourth-order valence-electron chi connectivity index (χ4n) is 7.70. The van der Waals surface area contributed by atoms with Crippen LogP contribution in [0.5, 0.6) is 0 Å². The molecule has 0 unspecified atom stereocenters. The van der Waals surface area contributed by atoms with E-state index in [2.05, 4.69) is 12.2 Å². The average molecular weight is 830 g/mol. The van der Waals surface area contributed by atoms with Gasteiger partial charge in [0.2, 0.25) is 5.91 Å². The van der Waals surface area contributed by atoms with Crippen molar-refractivity contribution >= 4 is 35.0 Å². The molecular weight excluding hydrogens is 771 g/mol. The van der Waals surface area contributed by atoms with E-state index in [1.807, 2.05) is 45.9 Å². The molecule has 324 valence electrons. The molecule has 0 saturated carbocycles. The molecule has 1 fully saturated rings. The number of aliphatic hydroxyl groups is 1. The number of amides is 1. The molecule has 15 nitrogen and oxygen atoms in total. The van der Waals surface area contributed by atoms with Gasteiger partial charge in [0.15, 0.2) is 0 Å². The first-order chi connectivity index (χ1) is 28.9. The Morgan fingerprint density at radius 3 is 2.10 bits per heavy atom. The third-order valence-electron chi connectivity index (χ3n) is 11.4. The molecule has 0 spiro atoms. The van der Waals surface area contributed by atoms with Crippen LogP contribution in [0.1, 0.15) is 60.3 Å². The van der Waals surface area contributed by atoms with Crippen molar-refractivity contribution in [1.29, 1.82) is 0 Å². The molecule has 1 amide bonds. The number of allylic oxidation sites excluding steroid dienone is 10. The number of hydrogen-bond donors (Lipinski definition) is 2. The molecule has 2 atom stereocenters. The number of nitrogens with zero attached hydrogens (tertiary/aromatic N) is 4. The van der Waals surface area contributed by atoms with Crippen molar-refractivity contribution in [3.63, 3.8) is 0 Å². The number of ether oxygens (including phenoxy) is 6. The third-order valence-corrected chi connectivity index (χ3v) is 11.4. The van der Waals surface area contributed by atoms with Gasteiger partial charge in [0.1, 0.15) is 0 Å². The maximum absolute atomic E-state index is 14.3. The number of carbonyl (C=O) groups excluding carboxylic acids is 3. The van der Waals surface area contributed by atoms with Gasteiger partial charge in [0.25, 0.3) is 0 Å². The molecule has 0 aromatic carbocycles. The van der Waals surface area contributed by atoms with E-state index in [1.54, 1.807) is 19.1 Å². The van der Waals surface area contributed by atoms with Crippen LogP contribution in [0, 0.1) is 11.8 Å². The van der Waals surface area contributed by atoms with Gasteiger partial charge >= 0.3 is 11.9 Å². The third kappa shape index (κ3) is 10.4. The molecule has 0 aliphatic carbocycles. The largest absolute Gasteiger partial charge is 0.515 e. The van der Waals surface area contributed by atoms with Gasteiger partial charge in [-0.25, -0.2) is 19.8 Å². The molecule has 5 rings (SSSR count). The molecule has 60 heavy (non-hydrogen) atoms. The molecule has 0 aromatic heterocycles. The molecule has 5 heterocycles. The van der Waals surface area contributed by atoms with Crippen LogP contribution in [0.4, 0.5) is 0 Å². The van der Waals surface area contributed by atoms with Crippen LogP contribution in [0.25, 0.3) is 0 Å². The minimum atomic E-state index is -0.593. The van der Waals surface area contributed by atoms with Crippen LogP contribution >= 0.6 is 0 Å². The summed E-state index contributed by atoms with van der Waals surface area (Å²) in [5, 5.41) is 14.0. The van der Waals surface area contributed by atoms with Crippen LogP contribution in [0.3, 0.4) is 0 Å². The highest BCUT2D eigenvalue weighted by Crippen LogP contribution is 2.43. The van der Waals surface area contributed by atoms with E-state index >= 15 is 0 Å². The fraction of sp³-hybridized carbons (Fsp3) is 0.511. The summed E-state index contributed by atoms with van der Waals surface area (Å²) in [6.07, 6.45) is 7.79. The number of aliphatic hydroxyl groups excluding tert-OH is 1. The van der Waals surface area contributed by atoms with Crippen molar-refractivity contribution in [1.82, 2.24) is 10.2 Å². The molecule has 5 aliphatic heterocycles. The highest BCUT2D eigenvalue weighted by Gasteiger charge is 2.40. The predicted octanol–water partition coefficient (Wildman–Crippen LogP) is 5.55. The second-order valence-electron chi connectivity index (χ2n) is 15.0. The Kier molecular flexibility index (Phi) is 16.3. The number of nitrogens with one attached hydrogen (secondary N) is 1. The Morgan fingerprint density at radius 1 is 0.817 bits per heavy atom. The second kappa shape index (κ2) is 21.3. The van der Waals surface area contributed by atoms with E-state index in [0.717, 1.165) is 28.7 Å². The summed E-state index contributed by atoms with van der Waals surface area (Å²) in [5.41, 5.74) is 9.50. The molecule has 15 heteroatoms. The van der Waals surface area contributed by atoms with E-state index in [9.17, 15) is 19.5 Å². The lowest BCUT2D eigenvalue weighted by atomic mass is 9.84. The van der Waals surface area contributed by atoms with E-state index in [-0.39, 0.29) is 48.7 Å². The first kappa shape index (κ1) is 45.9. The lowest BCUT2D eigenvalue weighted by Gasteiger charge is -2.22. The lowest BCUT2D eigenvalue weighted by Crippen LogP contribution is -2.32. The molecule has 2 N–H and O–H groups in total. The zero-order valence-electron chi connectivity index (χ0n) is 36.4. The number of hydrogen-bond acceptors (Lipinski definition) is 14. The van der Waals surface area contributed by atoms with Crippen molar-refractivity contribution in [3.8, 4) is 0 Å². The van der Waals surface area contributed by atoms with Gasteiger partial charge in [0, 0.05) is 61.5 Å². The van der Waals surface area contributed by atoms with E-state index in [4.69, 9.17) is 43.4 Å². The SMILES string of the molecule is CCC1=C(C)C2=CC3=NC(=C(C)/C3=C\O)C=C3NC(=C(CC(=O)N(C)CCOCCOCCOCCOC)C4=NC(=CC1=N2)C(C)=C4C(=O)OC)[C@@H](CCC(=O)OC)[C@@H]3C. The zero-order chi connectivity index (χ0) is 43.5. The Labute approximate surface area is 352 Å². The van der Waals surface area contributed by atoms with Crippen molar-refractivity contribution in [2.45, 2.75) is 60.3 Å². The molecule has 5 aliphatic rings. The Bertz CT molecular complexity index is 2080. The monoisotopic (exact) mass is 829 g/mol. The highest BCUT2D eigenvalue weighted by molar-refractivity contribution is 6.31. The van der Waals surface area contributed by atoms with Crippen molar-refractivity contribution in [3.05, 3.63) is 92.0 Å². The second-order valence-corrected chi connectivity index (χ2v) is 15.0. The summed E-state index contributed by atoms with van der Waals surface area (Å²) in [7, 11) is 6.00. The molecule has 0 radical (unpaired) electrons. The first-order valence-electron chi connectivity index (χ1n) is 20.4. The molecule has 1 saturated heterocycles. The zero-order valence-corrected chi connectivity index (χ0v) is 36.4. The maximum atomic E-state index is 14.3. The standard InChI is InChI=1S/C45H59N5O10/c1-10-30-26(2)35-23-39-33(25-51)28(4)34(47-39)22-36-27(3)31(11-12-41(53)56-8)43(48-36)32(44-42(45(54)57-9)29(5)37(49-44)24-38(30)46-35)21-40(52)50(6)13-14-58-17-18-60-20-19-59-16-15-55-7/h22-25,27,31,48,51H,10-21H2,1-9H3/b33-25+,35-23?,36-22?,37-24?,43-32?/t27-,31-/m0/s1. The predicted molar refractivity (Wildman–Crippen MR) is 228 cm³/mol. The van der Waals surface area contributed by atoms with Crippen LogP contribution in [0.15, 0.2) is 107 Å². The number of methoxy groups -OCH3 is 3. The van der Waals surface area contributed by atoms with Gasteiger partial charge in [0.05, 0.1) is 113 Å². The smallest absolute Gasteiger partial charge is 0.340 e. The Balaban J connectivity index is 1.58. The van der Waals surface area contributed by atoms with Gasteiger partial charge < -0.3 is 43.7 Å². The highest BCUT2D eigenvalue weighted by atomic mass is 16.6. The van der Waals surface area contributed by atoms with Gasteiger partial charge in [-0.1, -0.05) is 13.8 Å². The number of esters is 2. The molecular formula is C45H59N5O10. The van der Waals surface area contributed by atoms with Crippen LogP contribution in [0.2, 0.25) is 0 Å². The van der Waals surface area contributed by atoms with Gasteiger partial charge in [-0.3, -0.25) is 9.59 Å². The van der Waals surface area contributed by atoms with E-state index < -0.39 is 5.97 Å². The Morgan fingerprint density at radius 2 is 1.47 bits per heavy atom. The summed E-state index contributed by atoms with van der Waals surface area (Å²) in [6, 6.07) is 0. The normalized spacial score (nSPS) is 20.6. The van der Waals surface area contributed by atoms with Crippen molar-refractivity contribution < 1.29 is 47.9 Å². The number of aliphatic imine (C=N–C) groups is 3. The number of fused-ring (bicyclic) bond motifs is 5. The number of likely N-dealkylation sites (N-methyl/N-ethyl adjacent to an activating group) is 1. The molecule has 8 bridgehead atoms. The summed E-state index contributed by atoms with van der Waals surface area (Å²) in [4.78, 5) is 57.4. The van der Waals surface area contributed by atoms with Crippen LogP contribution < -0.4 is 5.32 Å². The topological polar surface area (TPSA) is 179 Å². The summed E-state index contributed by atoms with van der Waals surface area (Å²) < 4.78 is 32.1. The van der Waals surface area contributed by atoms with Crippen LogP contribution in [-0.2, 0) is 42.8 Å². The average Bonchev–Trinajstić information content (AvgIpc) is 3.93. The minimum absolute atomic E-state index is 0.115. The number of carbonyl (C=O) groups is 3. The van der Waals surface area contributed by atoms with E-state index in [0.29, 0.717) is 116 Å². The summed E-state index contributed by atoms with van der Waals surface area (Å²) >= 11 is 0. The first-order valence-corrected chi connectivity index (χ1v) is 20.4. The summed E-state index contributed by atoms with van der Waals surface area (Å²) in [6.45, 7) is 13.0. The van der Waals surface area contributed by atoms with E-state index in [1.165, 1.54) is 14.2 Å². The van der Waals surface area contributed by atoms with Gasteiger partial charge in [-0.05, 0) is 74.1 Å². The van der Waals surface area contributed by atoms with Crippen molar-refractivity contribution in [2.75, 3.05) is 81.2 Å². The number of rotatable bonds is 19. The quantitative estimate of drug-likeness (QED) is 0.0947. The Hall–Kier alpha value is -5.22. The minimum Gasteiger partial charge on any atom is -0.515 e. The van der Waals surface area contributed by atoms with Crippen LogP contribution in [-0.4, -0.2) is 126 Å². The van der Waals surface area contributed by atoms with Gasteiger partial charge in [-0.2, -0.15) is 0 Å². The molecule has 0 aromatic rings. The fourth-order valence-corrected chi connectivity index (χ4v) is 7.70. The van der Waals surface area contributed by atoms with Gasteiger partial charge in [-0.15, -0.1) is 0 Å². The maximum Gasteiger partial charge on any atom is 0.340 e. The summed E-state index contributed by atoms with van der Waals surface area (Å²) in [5.74, 6) is -1.71. The van der Waals surface area contributed by atoms with Crippen molar-refractivity contribution in [2.24, 2.45) is 26.8 Å². The lowest BCUT2D eigenvalue weighted by molar-refractivity contribution is -0.141.